The summed E-state index contributed by atoms with van der Waals surface area (Å²) in [5, 5.41) is 18.9. The van der Waals surface area contributed by atoms with E-state index >= 15 is 0 Å². The minimum Gasteiger partial charge on any atom is -0.481 e. The fourth-order valence-electron chi connectivity index (χ4n) is 1.43. The molecule has 1 amide bonds. The third kappa shape index (κ3) is 4.25. The van der Waals surface area contributed by atoms with Crippen LogP contribution in [0.5, 0.6) is 0 Å². The van der Waals surface area contributed by atoms with E-state index in [9.17, 15) is 14.0 Å². The lowest BCUT2D eigenvalue weighted by Gasteiger charge is -2.05. The van der Waals surface area contributed by atoms with E-state index in [0.29, 0.717) is 5.03 Å². The van der Waals surface area contributed by atoms with Gasteiger partial charge in [-0.3, -0.25) is 9.59 Å². The number of hydrogen-bond donors (Lipinski definition) is 2. The number of aliphatic carboxylic acids is 1. The van der Waals surface area contributed by atoms with E-state index in [1.165, 1.54) is 30.3 Å². The molecule has 8 heteroatoms. The normalized spacial score (nSPS) is 10.1. The zero-order chi connectivity index (χ0) is 15.2. The second-order valence-corrected chi connectivity index (χ2v) is 4.87. The Kier molecular flexibility index (Phi) is 4.83. The Labute approximate surface area is 123 Å². The Morgan fingerprint density at radius 2 is 1.95 bits per heavy atom. The minimum atomic E-state index is -0.960. The number of carboxylic acid groups (broad SMARTS) is 1. The van der Waals surface area contributed by atoms with Crippen molar-refractivity contribution in [3.63, 3.8) is 0 Å². The minimum absolute atomic E-state index is 0.0939. The van der Waals surface area contributed by atoms with Crippen LogP contribution >= 0.6 is 11.8 Å². The highest BCUT2D eigenvalue weighted by Gasteiger charge is 2.11. The number of aromatic nitrogens is 2. The molecule has 0 spiro atoms. The van der Waals surface area contributed by atoms with Gasteiger partial charge in [0.2, 0.25) is 0 Å². The molecule has 0 unspecified atom stereocenters. The van der Waals surface area contributed by atoms with Crippen molar-refractivity contribution in [3.8, 4) is 0 Å². The van der Waals surface area contributed by atoms with E-state index in [-0.39, 0.29) is 17.1 Å². The van der Waals surface area contributed by atoms with Crippen molar-refractivity contribution in [2.45, 2.75) is 5.03 Å². The van der Waals surface area contributed by atoms with Gasteiger partial charge in [0.05, 0.1) is 11.3 Å². The first-order chi connectivity index (χ1) is 10.1. The van der Waals surface area contributed by atoms with Crippen molar-refractivity contribution >= 4 is 29.5 Å². The summed E-state index contributed by atoms with van der Waals surface area (Å²) in [5.74, 6) is -2.19. The Morgan fingerprint density at radius 3 is 2.57 bits per heavy atom. The first-order valence-electron chi connectivity index (χ1n) is 5.80. The molecule has 2 aromatic rings. The summed E-state index contributed by atoms with van der Waals surface area (Å²) >= 11 is 1.01. The van der Waals surface area contributed by atoms with Gasteiger partial charge in [0.1, 0.15) is 10.8 Å². The molecule has 1 aromatic carbocycles. The number of hydrogen-bond acceptors (Lipinski definition) is 5. The number of thioether (sulfide) groups is 1. The van der Waals surface area contributed by atoms with Crippen molar-refractivity contribution in [3.05, 3.63) is 47.8 Å². The van der Waals surface area contributed by atoms with E-state index in [4.69, 9.17) is 5.11 Å². The number of nitrogens with zero attached hydrogens (tertiary/aromatic N) is 2. The summed E-state index contributed by atoms with van der Waals surface area (Å²) in [4.78, 5) is 22.2. The predicted molar refractivity (Wildman–Crippen MR) is 74.7 cm³/mol. The number of nitrogens with one attached hydrogen (secondary N) is 1. The lowest BCUT2D eigenvalue weighted by Crippen LogP contribution is -2.15. The summed E-state index contributed by atoms with van der Waals surface area (Å²) in [6, 6.07) is 8.57. The Morgan fingerprint density at radius 1 is 1.19 bits per heavy atom. The Bertz CT molecular complexity index is 664. The SMILES string of the molecule is O=C(O)CSc1ccc(NC(=O)c2ccccc2F)nn1. The van der Waals surface area contributed by atoms with E-state index in [2.05, 4.69) is 15.5 Å². The number of halogens is 1. The highest BCUT2D eigenvalue weighted by molar-refractivity contribution is 7.99. The lowest BCUT2D eigenvalue weighted by atomic mass is 10.2. The van der Waals surface area contributed by atoms with Crippen LogP contribution in [0.4, 0.5) is 10.2 Å². The van der Waals surface area contributed by atoms with Gasteiger partial charge in [-0.15, -0.1) is 10.2 Å². The second-order valence-electron chi connectivity index (χ2n) is 3.87. The number of amides is 1. The third-order valence-corrected chi connectivity index (χ3v) is 3.25. The maximum Gasteiger partial charge on any atom is 0.313 e. The number of carbonyl (C=O) groups is 2. The second kappa shape index (κ2) is 6.80. The number of anilines is 1. The molecule has 108 valence electrons. The smallest absolute Gasteiger partial charge is 0.313 e. The van der Waals surface area contributed by atoms with Crippen LogP contribution in [0.3, 0.4) is 0 Å². The van der Waals surface area contributed by atoms with Crippen LogP contribution in [-0.4, -0.2) is 32.9 Å². The number of benzene rings is 1. The molecule has 2 N–H and O–H groups in total. The first-order valence-corrected chi connectivity index (χ1v) is 6.79. The summed E-state index contributed by atoms with van der Waals surface area (Å²) in [6.07, 6.45) is 0. The van der Waals surface area contributed by atoms with Crippen LogP contribution in [0, 0.1) is 5.82 Å². The summed E-state index contributed by atoms with van der Waals surface area (Å²) in [7, 11) is 0. The van der Waals surface area contributed by atoms with E-state index in [1.807, 2.05) is 0 Å². The van der Waals surface area contributed by atoms with Gasteiger partial charge < -0.3 is 10.4 Å². The number of carboxylic acids is 1. The van der Waals surface area contributed by atoms with E-state index in [1.54, 1.807) is 6.07 Å². The van der Waals surface area contributed by atoms with Gasteiger partial charge in [-0.2, -0.15) is 0 Å². The molecule has 0 atom stereocenters. The standard InChI is InChI=1S/C13H10FN3O3S/c14-9-4-2-1-3-8(9)13(20)15-10-5-6-11(17-16-10)21-7-12(18)19/h1-6H,7H2,(H,18,19)(H,15,16,20). The molecule has 2 rings (SSSR count). The third-order valence-electron chi connectivity index (χ3n) is 2.34. The molecule has 0 radical (unpaired) electrons. The molecular weight excluding hydrogens is 297 g/mol. The molecular formula is C13H10FN3O3S. The zero-order valence-corrected chi connectivity index (χ0v) is 11.4. The predicted octanol–water partition coefficient (Wildman–Crippen LogP) is 2.04. The van der Waals surface area contributed by atoms with Gasteiger partial charge in [0.15, 0.2) is 5.82 Å². The molecule has 0 aliphatic heterocycles. The summed E-state index contributed by atoms with van der Waals surface area (Å²) in [5.41, 5.74) is -0.0939. The van der Waals surface area contributed by atoms with Crippen LogP contribution in [0.25, 0.3) is 0 Å². The van der Waals surface area contributed by atoms with Crippen LogP contribution in [-0.2, 0) is 4.79 Å². The van der Waals surface area contributed by atoms with Gasteiger partial charge >= 0.3 is 5.97 Å². The molecule has 0 bridgehead atoms. The van der Waals surface area contributed by atoms with Gasteiger partial charge in [-0.25, -0.2) is 4.39 Å². The van der Waals surface area contributed by atoms with Gasteiger partial charge in [-0.1, -0.05) is 23.9 Å². The molecule has 0 saturated carbocycles. The van der Waals surface area contributed by atoms with Crippen molar-refractivity contribution < 1.29 is 19.1 Å². The highest BCUT2D eigenvalue weighted by atomic mass is 32.2. The molecule has 0 aliphatic rings. The summed E-state index contributed by atoms with van der Waals surface area (Å²) in [6.45, 7) is 0. The molecule has 0 saturated heterocycles. The first kappa shape index (κ1) is 14.9. The molecule has 21 heavy (non-hydrogen) atoms. The Balaban J connectivity index is 2.02. The van der Waals surface area contributed by atoms with Crippen molar-refractivity contribution in [1.29, 1.82) is 0 Å². The maximum absolute atomic E-state index is 13.4. The zero-order valence-electron chi connectivity index (χ0n) is 10.6. The average Bonchev–Trinajstić information content (AvgIpc) is 2.47. The topological polar surface area (TPSA) is 92.2 Å². The van der Waals surface area contributed by atoms with Crippen LogP contribution < -0.4 is 5.32 Å². The van der Waals surface area contributed by atoms with E-state index < -0.39 is 17.7 Å². The van der Waals surface area contributed by atoms with Crippen LogP contribution in [0.15, 0.2) is 41.4 Å². The maximum atomic E-state index is 13.4. The monoisotopic (exact) mass is 307 g/mol. The number of rotatable bonds is 5. The summed E-state index contributed by atoms with van der Waals surface area (Å²) < 4.78 is 13.4. The van der Waals surface area contributed by atoms with Gasteiger partial charge in [0.25, 0.3) is 5.91 Å². The van der Waals surface area contributed by atoms with Gasteiger partial charge in [0, 0.05) is 0 Å². The molecule has 6 nitrogen and oxygen atoms in total. The molecule has 1 heterocycles. The van der Waals surface area contributed by atoms with E-state index in [0.717, 1.165) is 11.8 Å². The average molecular weight is 307 g/mol. The van der Waals surface area contributed by atoms with Crippen molar-refractivity contribution in [1.82, 2.24) is 10.2 Å². The van der Waals surface area contributed by atoms with Gasteiger partial charge in [-0.05, 0) is 24.3 Å². The fourth-order valence-corrected chi connectivity index (χ4v) is 1.96. The fraction of sp³-hybridized carbons (Fsp3) is 0.0769. The van der Waals surface area contributed by atoms with Crippen molar-refractivity contribution in [2.24, 2.45) is 0 Å². The van der Waals surface area contributed by atoms with Crippen LogP contribution in [0.2, 0.25) is 0 Å². The largest absolute Gasteiger partial charge is 0.481 e. The van der Waals surface area contributed by atoms with Crippen molar-refractivity contribution in [2.75, 3.05) is 11.1 Å². The number of carbonyl (C=O) groups excluding carboxylic acids is 1. The van der Waals surface area contributed by atoms with Crippen LogP contribution in [0.1, 0.15) is 10.4 Å². The quantitative estimate of drug-likeness (QED) is 0.821. The highest BCUT2D eigenvalue weighted by Crippen LogP contribution is 2.15. The molecule has 1 aromatic heterocycles. The molecule has 0 aliphatic carbocycles. The lowest BCUT2D eigenvalue weighted by molar-refractivity contribution is -0.133. The molecule has 0 fully saturated rings. The Hall–Kier alpha value is -2.48.